The van der Waals surface area contributed by atoms with Gasteiger partial charge in [-0.3, -0.25) is 9.78 Å². The lowest BCUT2D eigenvalue weighted by Gasteiger charge is -1.95. The van der Waals surface area contributed by atoms with Gasteiger partial charge in [0.1, 0.15) is 11.3 Å². The fourth-order valence-electron chi connectivity index (χ4n) is 1.46. The van der Waals surface area contributed by atoms with E-state index in [1.807, 2.05) is 4.98 Å². The highest BCUT2D eigenvalue weighted by Gasteiger charge is 2.21. The monoisotopic (exact) mass is 238 g/mol. The molecule has 0 saturated carbocycles. The number of aromatic amines is 2. The zero-order valence-electron chi connectivity index (χ0n) is 8.90. The quantitative estimate of drug-likeness (QED) is 0.599. The molecule has 0 aromatic carbocycles. The fraction of sp³-hybridized carbons (Fsp3) is 0.200. The Morgan fingerprint density at radius 2 is 2.00 bits per heavy atom. The standard InChI is InChI=1S/C10H10N2O5/c1-2-5-6(13)7(14)8(17-5)4-3-11-10(16)12-9(4)15/h3,13-14H,2H2,1H3,(H2,11,12,15,16). The van der Waals surface area contributed by atoms with Gasteiger partial charge in [-0.2, -0.15) is 0 Å². The summed E-state index contributed by atoms with van der Waals surface area (Å²) in [5.41, 5.74) is -1.43. The van der Waals surface area contributed by atoms with E-state index in [0.717, 1.165) is 6.20 Å². The van der Waals surface area contributed by atoms with Crippen LogP contribution >= 0.6 is 0 Å². The number of aromatic nitrogens is 2. The zero-order chi connectivity index (χ0) is 12.6. The smallest absolute Gasteiger partial charge is 0.325 e. The van der Waals surface area contributed by atoms with Crippen LogP contribution in [0.3, 0.4) is 0 Å². The third kappa shape index (κ3) is 1.71. The third-order valence-electron chi connectivity index (χ3n) is 2.31. The van der Waals surface area contributed by atoms with Gasteiger partial charge < -0.3 is 19.6 Å². The van der Waals surface area contributed by atoms with E-state index in [1.54, 1.807) is 6.92 Å². The van der Waals surface area contributed by atoms with Crippen LogP contribution in [0.2, 0.25) is 0 Å². The SMILES string of the molecule is CCc1oc(-c2c[nH]c(=O)[nH]c2=O)c(O)c1O. The highest BCUT2D eigenvalue weighted by atomic mass is 16.4. The zero-order valence-corrected chi connectivity index (χ0v) is 8.90. The first kappa shape index (κ1) is 11.1. The van der Waals surface area contributed by atoms with Gasteiger partial charge in [0.2, 0.25) is 11.5 Å². The van der Waals surface area contributed by atoms with Crippen LogP contribution in [0.1, 0.15) is 12.7 Å². The maximum Gasteiger partial charge on any atom is 0.325 e. The maximum atomic E-state index is 11.5. The Balaban J connectivity index is 2.69. The van der Waals surface area contributed by atoms with Gasteiger partial charge in [0.05, 0.1) is 0 Å². The Morgan fingerprint density at radius 3 is 2.53 bits per heavy atom. The first-order valence-electron chi connectivity index (χ1n) is 4.90. The second-order valence-electron chi connectivity index (χ2n) is 3.39. The van der Waals surface area contributed by atoms with Crippen molar-refractivity contribution in [2.75, 3.05) is 0 Å². The summed E-state index contributed by atoms with van der Waals surface area (Å²) in [6, 6.07) is 0. The van der Waals surface area contributed by atoms with E-state index >= 15 is 0 Å². The van der Waals surface area contributed by atoms with Crippen LogP contribution in [0, 0.1) is 0 Å². The Kier molecular flexibility index (Phi) is 2.51. The molecule has 0 aliphatic carbocycles. The number of furan rings is 1. The van der Waals surface area contributed by atoms with Crippen LogP contribution in [0.25, 0.3) is 11.3 Å². The number of hydrogen-bond acceptors (Lipinski definition) is 5. The molecule has 90 valence electrons. The first-order valence-corrected chi connectivity index (χ1v) is 4.90. The lowest BCUT2D eigenvalue weighted by molar-refractivity contribution is 0.403. The largest absolute Gasteiger partial charge is 0.502 e. The number of H-pyrrole nitrogens is 2. The molecule has 17 heavy (non-hydrogen) atoms. The lowest BCUT2D eigenvalue weighted by atomic mass is 10.2. The van der Waals surface area contributed by atoms with Crippen LogP contribution in [-0.4, -0.2) is 20.2 Å². The first-order chi connectivity index (χ1) is 8.04. The maximum absolute atomic E-state index is 11.5. The van der Waals surface area contributed by atoms with Gasteiger partial charge in [0.25, 0.3) is 5.56 Å². The molecule has 0 bridgehead atoms. The molecule has 7 nitrogen and oxygen atoms in total. The molecule has 0 aliphatic heterocycles. The summed E-state index contributed by atoms with van der Waals surface area (Å²) in [4.78, 5) is 26.5. The van der Waals surface area contributed by atoms with Gasteiger partial charge in [0.15, 0.2) is 5.76 Å². The summed E-state index contributed by atoms with van der Waals surface area (Å²) in [6.45, 7) is 1.72. The molecular formula is C10H10N2O5. The third-order valence-corrected chi connectivity index (χ3v) is 2.31. The molecule has 0 atom stereocenters. The average molecular weight is 238 g/mol. The minimum absolute atomic E-state index is 0.0582. The molecule has 0 spiro atoms. The Labute approximate surface area is 94.4 Å². The van der Waals surface area contributed by atoms with E-state index in [-0.39, 0.29) is 17.1 Å². The minimum atomic E-state index is -0.708. The van der Waals surface area contributed by atoms with Crippen LogP contribution in [0.5, 0.6) is 11.5 Å². The van der Waals surface area contributed by atoms with Crippen molar-refractivity contribution in [3.05, 3.63) is 32.8 Å². The van der Waals surface area contributed by atoms with E-state index < -0.39 is 22.7 Å². The average Bonchev–Trinajstić information content (AvgIpc) is 2.57. The van der Waals surface area contributed by atoms with Crippen molar-refractivity contribution in [1.82, 2.24) is 9.97 Å². The van der Waals surface area contributed by atoms with Gasteiger partial charge in [-0.25, -0.2) is 4.79 Å². The summed E-state index contributed by atoms with van der Waals surface area (Å²) in [7, 11) is 0. The molecule has 2 aromatic rings. The normalized spacial score (nSPS) is 10.6. The summed E-state index contributed by atoms with van der Waals surface area (Å²) in [5.74, 6) is -0.910. The van der Waals surface area contributed by atoms with Crippen molar-refractivity contribution >= 4 is 0 Å². The van der Waals surface area contributed by atoms with E-state index in [2.05, 4.69) is 4.98 Å². The molecule has 0 fully saturated rings. The van der Waals surface area contributed by atoms with Crippen molar-refractivity contribution in [3.8, 4) is 22.8 Å². The minimum Gasteiger partial charge on any atom is -0.502 e. The molecule has 0 radical (unpaired) electrons. The van der Waals surface area contributed by atoms with Crippen molar-refractivity contribution in [2.45, 2.75) is 13.3 Å². The molecule has 4 N–H and O–H groups in total. The van der Waals surface area contributed by atoms with E-state index in [1.165, 1.54) is 0 Å². The van der Waals surface area contributed by atoms with Crippen molar-refractivity contribution in [3.63, 3.8) is 0 Å². The second-order valence-corrected chi connectivity index (χ2v) is 3.39. The van der Waals surface area contributed by atoms with Crippen LogP contribution < -0.4 is 11.2 Å². The summed E-state index contributed by atoms with van der Waals surface area (Å²) < 4.78 is 5.16. The molecule has 0 unspecified atom stereocenters. The topological polar surface area (TPSA) is 119 Å². The highest BCUT2D eigenvalue weighted by molar-refractivity contribution is 5.67. The Morgan fingerprint density at radius 1 is 1.29 bits per heavy atom. The Hall–Kier alpha value is -2.44. The summed E-state index contributed by atoms with van der Waals surface area (Å²) in [6.07, 6.45) is 1.47. The van der Waals surface area contributed by atoms with Crippen LogP contribution in [0.15, 0.2) is 20.2 Å². The lowest BCUT2D eigenvalue weighted by Crippen LogP contribution is -2.22. The number of nitrogens with one attached hydrogen (secondary N) is 2. The van der Waals surface area contributed by atoms with E-state index in [4.69, 9.17) is 4.42 Å². The van der Waals surface area contributed by atoms with Gasteiger partial charge in [-0.1, -0.05) is 6.92 Å². The molecule has 7 heteroatoms. The number of rotatable bonds is 2. The highest BCUT2D eigenvalue weighted by Crippen LogP contribution is 2.40. The molecule has 2 heterocycles. The predicted molar refractivity (Wildman–Crippen MR) is 58.1 cm³/mol. The number of aryl methyl sites for hydroxylation is 1. The molecule has 0 saturated heterocycles. The Bertz CT molecular complexity index is 664. The molecule has 0 aliphatic rings. The molecule has 2 rings (SSSR count). The van der Waals surface area contributed by atoms with E-state index in [0.29, 0.717) is 6.42 Å². The van der Waals surface area contributed by atoms with Crippen molar-refractivity contribution in [2.24, 2.45) is 0 Å². The van der Waals surface area contributed by atoms with Crippen molar-refractivity contribution in [1.29, 1.82) is 0 Å². The summed E-state index contributed by atoms with van der Waals surface area (Å²) in [5, 5.41) is 19.1. The summed E-state index contributed by atoms with van der Waals surface area (Å²) >= 11 is 0. The van der Waals surface area contributed by atoms with Gasteiger partial charge in [-0.05, 0) is 0 Å². The van der Waals surface area contributed by atoms with Gasteiger partial charge in [0, 0.05) is 12.6 Å². The number of aromatic hydroxyl groups is 2. The molecular weight excluding hydrogens is 228 g/mol. The number of hydrogen-bond donors (Lipinski definition) is 4. The van der Waals surface area contributed by atoms with E-state index in [9.17, 15) is 19.8 Å². The molecule has 0 amide bonds. The van der Waals surface area contributed by atoms with Gasteiger partial charge >= 0.3 is 5.69 Å². The molecule has 2 aromatic heterocycles. The fourth-order valence-corrected chi connectivity index (χ4v) is 1.46. The van der Waals surface area contributed by atoms with Crippen molar-refractivity contribution < 1.29 is 14.6 Å². The van der Waals surface area contributed by atoms with Gasteiger partial charge in [-0.15, -0.1) is 0 Å². The van der Waals surface area contributed by atoms with Crippen LogP contribution in [0.4, 0.5) is 0 Å². The predicted octanol–water partition coefficient (Wildman–Crippen LogP) is 0.297. The van der Waals surface area contributed by atoms with Crippen LogP contribution in [-0.2, 0) is 6.42 Å². The second kappa shape index (κ2) is 3.85.